The van der Waals surface area contributed by atoms with E-state index in [0.29, 0.717) is 0 Å². The molecule has 0 saturated carbocycles. The molecule has 0 radical (unpaired) electrons. The molecule has 1 saturated heterocycles. The van der Waals surface area contributed by atoms with Crippen molar-refractivity contribution in [1.29, 1.82) is 0 Å². The zero-order valence-corrected chi connectivity index (χ0v) is 10.4. The first-order valence-corrected chi connectivity index (χ1v) is 6.11. The Bertz CT molecular complexity index is 405. The van der Waals surface area contributed by atoms with Gasteiger partial charge in [0.2, 0.25) is 5.91 Å². The van der Waals surface area contributed by atoms with Crippen LogP contribution >= 0.6 is 0 Å². The smallest absolute Gasteiger partial charge is 0.217 e. The first kappa shape index (κ1) is 11.9. The SMILES string of the molecule is CC(=O)NC1CCCN(c2cccc(C)n2)C1. The van der Waals surface area contributed by atoms with Crippen molar-refractivity contribution in [3.05, 3.63) is 23.9 Å². The lowest BCUT2D eigenvalue weighted by molar-refractivity contribution is -0.119. The first-order chi connectivity index (χ1) is 8.15. The number of carbonyl (C=O) groups is 1. The summed E-state index contributed by atoms with van der Waals surface area (Å²) in [6.45, 7) is 5.45. The topological polar surface area (TPSA) is 45.2 Å². The first-order valence-electron chi connectivity index (χ1n) is 6.11. The number of anilines is 1. The minimum atomic E-state index is 0.0500. The van der Waals surface area contributed by atoms with Gasteiger partial charge in [0.1, 0.15) is 5.82 Å². The summed E-state index contributed by atoms with van der Waals surface area (Å²) in [5.74, 6) is 1.06. The molecule has 1 fully saturated rings. The largest absolute Gasteiger partial charge is 0.355 e. The highest BCUT2D eigenvalue weighted by Crippen LogP contribution is 2.17. The average Bonchev–Trinajstić information content (AvgIpc) is 2.28. The molecule has 17 heavy (non-hydrogen) atoms. The van der Waals surface area contributed by atoms with Crippen LogP contribution in [0.2, 0.25) is 0 Å². The number of amides is 1. The Balaban J connectivity index is 2.04. The molecule has 0 aromatic carbocycles. The number of aromatic nitrogens is 1. The van der Waals surface area contributed by atoms with Crippen LogP contribution in [0.3, 0.4) is 0 Å². The number of hydrogen-bond acceptors (Lipinski definition) is 3. The van der Waals surface area contributed by atoms with Crippen LogP contribution in [0.1, 0.15) is 25.5 Å². The van der Waals surface area contributed by atoms with Crippen LogP contribution in [0.4, 0.5) is 5.82 Å². The van der Waals surface area contributed by atoms with E-state index in [-0.39, 0.29) is 11.9 Å². The van der Waals surface area contributed by atoms with Gasteiger partial charge in [0.15, 0.2) is 0 Å². The number of piperidine rings is 1. The van der Waals surface area contributed by atoms with Crippen LogP contribution in [0.5, 0.6) is 0 Å². The molecule has 0 aliphatic carbocycles. The lowest BCUT2D eigenvalue weighted by Crippen LogP contribution is -2.47. The molecule has 2 heterocycles. The van der Waals surface area contributed by atoms with Gasteiger partial charge in [0, 0.05) is 31.7 Å². The molecule has 2 rings (SSSR count). The summed E-state index contributed by atoms with van der Waals surface area (Å²) < 4.78 is 0. The molecule has 1 amide bonds. The van der Waals surface area contributed by atoms with Gasteiger partial charge in [-0.05, 0) is 31.9 Å². The fraction of sp³-hybridized carbons (Fsp3) is 0.538. The number of carbonyl (C=O) groups excluding carboxylic acids is 1. The zero-order chi connectivity index (χ0) is 12.3. The lowest BCUT2D eigenvalue weighted by Gasteiger charge is -2.33. The van der Waals surface area contributed by atoms with Crippen molar-refractivity contribution < 1.29 is 4.79 Å². The fourth-order valence-electron chi connectivity index (χ4n) is 2.30. The molecule has 1 unspecified atom stereocenters. The van der Waals surface area contributed by atoms with Gasteiger partial charge in [0.05, 0.1) is 0 Å². The molecular weight excluding hydrogens is 214 g/mol. The van der Waals surface area contributed by atoms with E-state index < -0.39 is 0 Å². The van der Waals surface area contributed by atoms with Gasteiger partial charge >= 0.3 is 0 Å². The van der Waals surface area contributed by atoms with Gasteiger partial charge < -0.3 is 10.2 Å². The third kappa shape index (κ3) is 3.19. The zero-order valence-electron chi connectivity index (χ0n) is 10.4. The van der Waals surface area contributed by atoms with E-state index in [9.17, 15) is 4.79 Å². The molecule has 0 spiro atoms. The van der Waals surface area contributed by atoms with E-state index in [1.807, 2.05) is 25.1 Å². The van der Waals surface area contributed by atoms with Crippen LogP contribution in [0.15, 0.2) is 18.2 Å². The Kier molecular flexibility index (Phi) is 3.61. The van der Waals surface area contributed by atoms with Gasteiger partial charge in [-0.25, -0.2) is 4.98 Å². The Morgan fingerprint density at radius 3 is 3.06 bits per heavy atom. The molecule has 92 valence electrons. The van der Waals surface area contributed by atoms with E-state index in [2.05, 4.69) is 15.2 Å². The van der Waals surface area contributed by atoms with E-state index in [1.165, 1.54) is 0 Å². The molecule has 4 nitrogen and oxygen atoms in total. The Labute approximate surface area is 102 Å². The van der Waals surface area contributed by atoms with Crippen LogP contribution in [-0.4, -0.2) is 30.0 Å². The number of rotatable bonds is 2. The molecule has 4 heteroatoms. The standard InChI is InChI=1S/C13H19N3O/c1-10-5-3-7-13(14-10)16-8-4-6-12(9-16)15-11(2)17/h3,5,7,12H,4,6,8-9H2,1-2H3,(H,15,17). The second kappa shape index (κ2) is 5.17. The number of nitrogens with one attached hydrogen (secondary N) is 1. The second-order valence-electron chi connectivity index (χ2n) is 4.62. The summed E-state index contributed by atoms with van der Waals surface area (Å²) in [5.41, 5.74) is 1.03. The van der Waals surface area contributed by atoms with Crippen molar-refractivity contribution in [1.82, 2.24) is 10.3 Å². The summed E-state index contributed by atoms with van der Waals surface area (Å²) in [6.07, 6.45) is 2.16. The minimum Gasteiger partial charge on any atom is -0.355 e. The van der Waals surface area contributed by atoms with Gasteiger partial charge in [-0.15, -0.1) is 0 Å². The summed E-state index contributed by atoms with van der Waals surface area (Å²) >= 11 is 0. The van der Waals surface area contributed by atoms with E-state index in [0.717, 1.165) is 37.4 Å². The maximum Gasteiger partial charge on any atom is 0.217 e. The highest BCUT2D eigenvalue weighted by Gasteiger charge is 2.21. The van der Waals surface area contributed by atoms with Crippen molar-refractivity contribution in [3.8, 4) is 0 Å². The summed E-state index contributed by atoms with van der Waals surface area (Å²) in [4.78, 5) is 17.8. The Hall–Kier alpha value is -1.58. The predicted molar refractivity (Wildman–Crippen MR) is 68.0 cm³/mol. The van der Waals surface area contributed by atoms with E-state index in [1.54, 1.807) is 6.92 Å². The maximum absolute atomic E-state index is 11.1. The molecule has 0 bridgehead atoms. The van der Waals surface area contributed by atoms with E-state index >= 15 is 0 Å². The monoisotopic (exact) mass is 233 g/mol. The molecule has 1 atom stereocenters. The lowest BCUT2D eigenvalue weighted by atomic mass is 10.1. The summed E-state index contributed by atoms with van der Waals surface area (Å²) in [7, 11) is 0. The fourth-order valence-corrected chi connectivity index (χ4v) is 2.30. The summed E-state index contributed by atoms with van der Waals surface area (Å²) in [5, 5.41) is 2.99. The predicted octanol–water partition coefficient (Wildman–Crippen LogP) is 1.49. The van der Waals surface area contributed by atoms with Crippen molar-refractivity contribution >= 4 is 11.7 Å². The van der Waals surface area contributed by atoms with Crippen LogP contribution in [0.25, 0.3) is 0 Å². The van der Waals surface area contributed by atoms with Gasteiger partial charge in [0.25, 0.3) is 0 Å². The summed E-state index contributed by atoms with van der Waals surface area (Å²) in [6, 6.07) is 6.31. The second-order valence-corrected chi connectivity index (χ2v) is 4.62. The highest BCUT2D eigenvalue weighted by atomic mass is 16.1. The molecule has 1 N–H and O–H groups in total. The van der Waals surface area contributed by atoms with Crippen molar-refractivity contribution in [2.75, 3.05) is 18.0 Å². The van der Waals surface area contributed by atoms with Gasteiger partial charge in [-0.2, -0.15) is 0 Å². The maximum atomic E-state index is 11.1. The Morgan fingerprint density at radius 1 is 1.53 bits per heavy atom. The normalized spacial score (nSPS) is 20.1. The van der Waals surface area contributed by atoms with Crippen molar-refractivity contribution in [3.63, 3.8) is 0 Å². The highest BCUT2D eigenvalue weighted by molar-refractivity contribution is 5.73. The number of nitrogens with zero attached hydrogens (tertiary/aromatic N) is 2. The van der Waals surface area contributed by atoms with Gasteiger partial charge in [-0.3, -0.25) is 4.79 Å². The number of hydrogen-bond donors (Lipinski definition) is 1. The minimum absolute atomic E-state index is 0.0500. The molecule has 1 aliphatic heterocycles. The van der Waals surface area contributed by atoms with Crippen molar-refractivity contribution in [2.24, 2.45) is 0 Å². The van der Waals surface area contributed by atoms with Crippen LogP contribution < -0.4 is 10.2 Å². The third-order valence-corrected chi connectivity index (χ3v) is 3.03. The van der Waals surface area contributed by atoms with Gasteiger partial charge in [-0.1, -0.05) is 6.07 Å². The molecule has 1 aromatic rings. The van der Waals surface area contributed by atoms with E-state index in [4.69, 9.17) is 0 Å². The van der Waals surface area contributed by atoms with Crippen LogP contribution in [0, 0.1) is 6.92 Å². The molecule has 1 aromatic heterocycles. The number of aryl methyl sites for hydroxylation is 1. The molecular formula is C13H19N3O. The molecule has 1 aliphatic rings. The van der Waals surface area contributed by atoms with Crippen LogP contribution in [-0.2, 0) is 4.79 Å². The third-order valence-electron chi connectivity index (χ3n) is 3.03. The number of pyridine rings is 1. The Morgan fingerprint density at radius 2 is 2.35 bits per heavy atom. The average molecular weight is 233 g/mol. The quantitative estimate of drug-likeness (QED) is 0.842. The van der Waals surface area contributed by atoms with Crippen molar-refractivity contribution in [2.45, 2.75) is 32.7 Å².